The number of hydrogen-bond acceptors (Lipinski definition) is 5. The van der Waals surface area contributed by atoms with E-state index in [4.69, 9.17) is 9.47 Å². The molecule has 0 aliphatic carbocycles. The van der Waals surface area contributed by atoms with Crippen molar-refractivity contribution in [2.75, 3.05) is 14.2 Å². The second kappa shape index (κ2) is 5.27. The molecule has 0 aliphatic rings. The number of aromatic nitrogens is 2. The van der Waals surface area contributed by atoms with Crippen LogP contribution in [0.3, 0.4) is 0 Å². The molecule has 5 nitrogen and oxygen atoms in total. The Balaban J connectivity index is 2.42. The fraction of sp³-hybridized carbons (Fsp3) is 0.154. The summed E-state index contributed by atoms with van der Waals surface area (Å²) in [4.78, 5) is 19.9. The van der Waals surface area contributed by atoms with Gasteiger partial charge in [-0.1, -0.05) is 0 Å². The van der Waals surface area contributed by atoms with Crippen molar-refractivity contribution in [3.05, 3.63) is 48.0 Å². The molecule has 0 spiro atoms. The van der Waals surface area contributed by atoms with Crippen molar-refractivity contribution < 1.29 is 14.3 Å². The van der Waals surface area contributed by atoms with E-state index in [1.54, 1.807) is 25.3 Å². The maximum absolute atomic E-state index is 12.2. The lowest BCUT2D eigenvalue weighted by molar-refractivity contribution is 0.103. The normalized spacial score (nSPS) is 9.89. The topological polar surface area (TPSA) is 61.3 Å². The quantitative estimate of drug-likeness (QED) is 0.766. The molecule has 0 saturated carbocycles. The zero-order chi connectivity index (χ0) is 13.0. The van der Waals surface area contributed by atoms with Gasteiger partial charge in [0.15, 0.2) is 5.78 Å². The second-order valence-corrected chi connectivity index (χ2v) is 3.52. The molecular weight excluding hydrogens is 232 g/mol. The van der Waals surface area contributed by atoms with Crippen molar-refractivity contribution in [3.8, 4) is 11.5 Å². The van der Waals surface area contributed by atoms with Gasteiger partial charge in [-0.2, -0.15) is 0 Å². The van der Waals surface area contributed by atoms with Crippen LogP contribution in [0.15, 0.2) is 36.9 Å². The highest BCUT2D eigenvalue weighted by molar-refractivity contribution is 6.10. The SMILES string of the molecule is COc1ccc(C(=O)c2cncnc2)c(OC)c1. The lowest BCUT2D eigenvalue weighted by Crippen LogP contribution is -2.05. The summed E-state index contributed by atoms with van der Waals surface area (Å²) in [5, 5.41) is 0. The Morgan fingerprint density at radius 3 is 2.44 bits per heavy atom. The van der Waals surface area contributed by atoms with E-state index in [0.717, 1.165) is 0 Å². The summed E-state index contributed by atoms with van der Waals surface area (Å²) in [5.41, 5.74) is 0.870. The van der Waals surface area contributed by atoms with E-state index >= 15 is 0 Å². The van der Waals surface area contributed by atoms with Crippen molar-refractivity contribution in [1.82, 2.24) is 9.97 Å². The van der Waals surface area contributed by atoms with Gasteiger partial charge >= 0.3 is 0 Å². The molecule has 0 aliphatic heterocycles. The zero-order valence-corrected chi connectivity index (χ0v) is 10.1. The van der Waals surface area contributed by atoms with Crippen molar-refractivity contribution >= 4 is 5.78 Å². The van der Waals surface area contributed by atoms with Crippen LogP contribution in [0.2, 0.25) is 0 Å². The van der Waals surface area contributed by atoms with Crippen LogP contribution in [0.5, 0.6) is 11.5 Å². The van der Waals surface area contributed by atoms with Crippen LogP contribution < -0.4 is 9.47 Å². The Labute approximate surface area is 104 Å². The van der Waals surface area contributed by atoms with Gasteiger partial charge in [0.05, 0.1) is 25.3 Å². The third kappa shape index (κ3) is 2.29. The second-order valence-electron chi connectivity index (χ2n) is 3.52. The molecular formula is C13H12N2O3. The van der Waals surface area contributed by atoms with Crippen molar-refractivity contribution in [2.24, 2.45) is 0 Å². The first-order valence-corrected chi connectivity index (χ1v) is 5.28. The van der Waals surface area contributed by atoms with Gasteiger partial charge in [0, 0.05) is 18.5 Å². The van der Waals surface area contributed by atoms with Gasteiger partial charge in [0.1, 0.15) is 17.8 Å². The van der Waals surface area contributed by atoms with E-state index in [2.05, 4.69) is 9.97 Å². The maximum atomic E-state index is 12.2. The van der Waals surface area contributed by atoms with E-state index in [9.17, 15) is 4.79 Å². The van der Waals surface area contributed by atoms with E-state index in [1.165, 1.54) is 25.8 Å². The summed E-state index contributed by atoms with van der Waals surface area (Å²) in [6.45, 7) is 0. The molecule has 1 aromatic carbocycles. The molecule has 18 heavy (non-hydrogen) atoms. The first-order valence-electron chi connectivity index (χ1n) is 5.28. The Bertz CT molecular complexity index is 555. The smallest absolute Gasteiger partial charge is 0.199 e. The molecule has 0 unspecified atom stereocenters. The fourth-order valence-corrected chi connectivity index (χ4v) is 1.56. The van der Waals surface area contributed by atoms with Crippen LogP contribution in [0.4, 0.5) is 0 Å². The Kier molecular flexibility index (Phi) is 3.52. The predicted octanol–water partition coefficient (Wildman–Crippen LogP) is 1.72. The summed E-state index contributed by atoms with van der Waals surface area (Å²) in [5.74, 6) is 0.908. The first-order chi connectivity index (χ1) is 8.76. The summed E-state index contributed by atoms with van der Waals surface area (Å²) in [6.07, 6.45) is 4.32. The lowest BCUT2D eigenvalue weighted by atomic mass is 10.0. The Morgan fingerprint density at radius 2 is 1.83 bits per heavy atom. The van der Waals surface area contributed by atoms with Gasteiger partial charge in [-0.15, -0.1) is 0 Å². The number of rotatable bonds is 4. The summed E-state index contributed by atoms with van der Waals surface area (Å²) in [6, 6.07) is 5.03. The summed E-state index contributed by atoms with van der Waals surface area (Å²) >= 11 is 0. The molecule has 2 aromatic rings. The Morgan fingerprint density at radius 1 is 1.11 bits per heavy atom. The van der Waals surface area contributed by atoms with Gasteiger partial charge < -0.3 is 9.47 Å². The molecule has 0 fully saturated rings. The number of hydrogen-bond donors (Lipinski definition) is 0. The zero-order valence-electron chi connectivity index (χ0n) is 10.1. The molecule has 0 amide bonds. The number of benzene rings is 1. The highest BCUT2D eigenvalue weighted by atomic mass is 16.5. The number of carbonyl (C=O) groups excluding carboxylic acids is 1. The van der Waals surface area contributed by atoms with Crippen LogP contribution in [-0.4, -0.2) is 30.0 Å². The third-order valence-corrected chi connectivity index (χ3v) is 2.48. The highest BCUT2D eigenvalue weighted by Crippen LogP contribution is 2.26. The van der Waals surface area contributed by atoms with Gasteiger partial charge in [-0.25, -0.2) is 9.97 Å². The monoisotopic (exact) mass is 244 g/mol. The van der Waals surface area contributed by atoms with Crippen LogP contribution in [0, 0.1) is 0 Å². The average Bonchev–Trinajstić information content (AvgIpc) is 2.46. The standard InChI is InChI=1S/C13H12N2O3/c1-17-10-3-4-11(12(5-10)18-2)13(16)9-6-14-8-15-7-9/h3-8H,1-2H3. The molecule has 0 N–H and O–H groups in total. The van der Waals surface area contributed by atoms with Gasteiger partial charge in [-0.05, 0) is 12.1 Å². The molecule has 5 heteroatoms. The average molecular weight is 244 g/mol. The van der Waals surface area contributed by atoms with Crippen LogP contribution in [0.25, 0.3) is 0 Å². The van der Waals surface area contributed by atoms with E-state index in [1.807, 2.05) is 0 Å². The predicted molar refractivity (Wildman–Crippen MR) is 65.0 cm³/mol. The summed E-state index contributed by atoms with van der Waals surface area (Å²) < 4.78 is 10.3. The highest BCUT2D eigenvalue weighted by Gasteiger charge is 2.15. The minimum Gasteiger partial charge on any atom is -0.497 e. The third-order valence-electron chi connectivity index (χ3n) is 2.48. The van der Waals surface area contributed by atoms with Crippen molar-refractivity contribution in [1.29, 1.82) is 0 Å². The van der Waals surface area contributed by atoms with E-state index in [0.29, 0.717) is 22.6 Å². The van der Waals surface area contributed by atoms with Gasteiger partial charge in [-0.3, -0.25) is 4.79 Å². The molecule has 92 valence electrons. The fourth-order valence-electron chi connectivity index (χ4n) is 1.56. The largest absolute Gasteiger partial charge is 0.497 e. The van der Waals surface area contributed by atoms with E-state index < -0.39 is 0 Å². The molecule has 0 saturated heterocycles. The van der Waals surface area contributed by atoms with Gasteiger partial charge in [0.25, 0.3) is 0 Å². The molecule has 2 rings (SSSR count). The van der Waals surface area contributed by atoms with E-state index in [-0.39, 0.29) is 5.78 Å². The molecule has 0 atom stereocenters. The number of ether oxygens (including phenoxy) is 2. The first kappa shape index (κ1) is 12.0. The molecule has 0 bridgehead atoms. The Hall–Kier alpha value is -2.43. The molecule has 1 aromatic heterocycles. The van der Waals surface area contributed by atoms with Crippen LogP contribution in [-0.2, 0) is 0 Å². The van der Waals surface area contributed by atoms with Gasteiger partial charge in [0.2, 0.25) is 0 Å². The maximum Gasteiger partial charge on any atom is 0.199 e. The molecule has 0 radical (unpaired) electrons. The molecule has 1 heterocycles. The van der Waals surface area contributed by atoms with Crippen LogP contribution in [0.1, 0.15) is 15.9 Å². The number of methoxy groups -OCH3 is 2. The minimum absolute atomic E-state index is 0.185. The number of ketones is 1. The summed E-state index contributed by atoms with van der Waals surface area (Å²) in [7, 11) is 3.06. The van der Waals surface area contributed by atoms with Crippen molar-refractivity contribution in [2.45, 2.75) is 0 Å². The lowest BCUT2D eigenvalue weighted by Gasteiger charge is -2.09. The van der Waals surface area contributed by atoms with Crippen molar-refractivity contribution in [3.63, 3.8) is 0 Å². The minimum atomic E-state index is -0.185. The number of carbonyl (C=O) groups is 1. The van der Waals surface area contributed by atoms with Crippen LogP contribution >= 0.6 is 0 Å². The number of nitrogens with zero attached hydrogens (tertiary/aromatic N) is 2.